The summed E-state index contributed by atoms with van der Waals surface area (Å²) in [5.74, 6) is 1.04. The Hall–Kier alpha value is -2.48. The van der Waals surface area contributed by atoms with E-state index in [0.29, 0.717) is 33.0 Å². The normalized spacial score (nSPS) is 11.6. The summed E-state index contributed by atoms with van der Waals surface area (Å²) >= 11 is 12.9. The molecule has 1 aromatic carbocycles. The number of rotatable bonds is 10. The lowest BCUT2D eigenvalue weighted by molar-refractivity contribution is 0.303. The second kappa shape index (κ2) is 11.4. The van der Waals surface area contributed by atoms with Crippen molar-refractivity contribution < 1.29 is 0 Å². The zero-order valence-corrected chi connectivity index (χ0v) is 20.5. The predicted molar refractivity (Wildman–Crippen MR) is 136 cm³/mol. The van der Waals surface area contributed by atoms with E-state index in [1.807, 2.05) is 31.1 Å². The molecule has 0 radical (unpaired) electrons. The maximum Gasteiger partial charge on any atom is 0.224 e. The maximum absolute atomic E-state index is 6.47. The summed E-state index contributed by atoms with van der Waals surface area (Å²) in [4.78, 5) is 22.5. The molecule has 0 spiro atoms. The lowest BCUT2D eigenvalue weighted by Crippen LogP contribution is -2.25. The summed E-state index contributed by atoms with van der Waals surface area (Å²) in [7, 11) is 3.80. The number of benzene rings is 1. The summed E-state index contributed by atoms with van der Waals surface area (Å²) in [6.45, 7) is 8.30. The Morgan fingerprint density at radius 1 is 1.09 bits per heavy atom. The van der Waals surface area contributed by atoms with Gasteiger partial charge in [-0.25, -0.2) is 15.0 Å². The van der Waals surface area contributed by atoms with E-state index in [4.69, 9.17) is 28.2 Å². The first-order chi connectivity index (χ1) is 15.4. The van der Waals surface area contributed by atoms with Crippen molar-refractivity contribution in [2.45, 2.75) is 20.3 Å². The van der Waals surface area contributed by atoms with Gasteiger partial charge in [0.05, 0.1) is 16.4 Å². The quantitative estimate of drug-likeness (QED) is 0.242. The summed E-state index contributed by atoms with van der Waals surface area (Å²) in [5.41, 5.74) is 1.98. The van der Waals surface area contributed by atoms with Crippen LogP contribution in [0.5, 0.6) is 0 Å². The van der Waals surface area contributed by atoms with Crippen LogP contribution in [0, 0.1) is 0 Å². The molecule has 9 heteroatoms. The molecule has 2 aromatic heterocycles. The van der Waals surface area contributed by atoms with Crippen LogP contribution in [-0.2, 0) is 0 Å². The van der Waals surface area contributed by atoms with Gasteiger partial charge in [0, 0.05) is 43.4 Å². The van der Waals surface area contributed by atoms with Crippen molar-refractivity contribution in [3.8, 4) is 11.1 Å². The zero-order chi connectivity index (χ0) is 23.1. The molecule has 0 bridgehead atoms. The highest BCUT2D eigenvalue weighted by Gasteiger charge is 2.16. The van der Waals surface area contributed by atoms with Gasteiger partial charge in [0.15, 0.2) is 11.5 Å². The van der Waals surface area contributed by atoms with Crippen molar-refractivity contribution in [2.24, 2.45) is 4.99 Å². The number of aliphatic imine (C=N–C) groups is 1. The Balaban J connectivity index is 1.93. The van der Waals surface area contributed by atoms with Gasteiger partial charge in [-0.05, 0) is 44.3 Å². The van der Waals surface area contributed by atoms with Gasteiger partial charge < -0.3 is 15.1 Å². The fourth-order valence-corrected chi connectivity index (χ4v) is 3.89. The van der Waals surface area contributed by atoms with Crippen molar-refractivity contribution in [1.82, 2.24) is 24.8 Å². The van der Waals surface area contributed by atoms with Crippen molar-refractivity contribution in [3.05, 3.63) is 40.5 Å². The van der Waals surface area contributed by atoms with Crippen LogP contribution in [0.2, 0.25) is 10.0 Å². The number of anilines is 1. The number of hydrogen-bond donors (Lipinski definition) is 1. The number of pyridine rings is 1. The third-order valence-corrected chi connectivity index (χ3v) is 5.65. The molecule has 1 N–H and O–H groups in total. The monoisotopic (exact) mass is 473 g/mol. The fraction of sp³-hybridized carbons (Fsp3) is 0.391. The van der Waals surface area contributed by atoms with Crippen molar-refractivity contribution in [2.75, 3.05) is 45.6 Å². The first-order valence-corrected chi connectivity index (χ1v) is 11.5. The van der Waals surface area contributed by atoms with Crippen LogP contribution in [0.15, 0.2) is 35.5 Å². The Labute approximate surface area is 199 Å². The van der Waals surface area contributed by atoms with E-state index in [9.17, 15) is 0 Å². The molecule has 0 atom stereocenters. The van der Waals surface area contributed by atoms with E-state index in [-0.39, 0.29) is 0 Å². The summed E-state index contributed by atoms with van der Waals surface area (Å²) < 4.78 is 0. The molecule has 0 saturated heterocycles. The Kier molecular flexibility index (Phi) is 8.61. The number of aromatic nitrogens is 3. The van der Waals surface area contributed by atoms with Crippen LogP contribution in [-0.4, -0.2) is 71.4 Å². The highest BCUT2D eigenvalue weighted by Crippen LogP contribution is 2.40. The zero-order valence-electron chi connectivity index (χ0n) is 18.9. The number of hydrogen-bond acceptors (Lipinski definition) is 6. The molecule has 0 aliphatic rings. The molecule has 0 saturated carbocycles. The average Bonchev–Trinajstić information content (AvgIpc) is 2.77. The molecule has 32 heavy (non-hydrogen) atoms. The van der Waals surface area contributed by atoms with Crippen LogP contribution < -0.4 is 5.32 Å². The summed E-state index contributed by atoms with van der Waals surface area (Å²) in [6, 6.07) is 7.34. The largest absolute Gasteiger partial charge is 0.369 e. The molecule has 0 fully saturated rings. The molecule has 0 aliphatic heterocycles. The van der Waals surface area contributed by atoms with Crippen molar-refractivity contribution in [3.63, 3.8) is 0 Å². The lowest BCUT2D eigenvalue weighted by Gasteiger charge is -2.17. The first kappa shape index (κ1) is 24.2. The van der Waals surface area contributed by atoms with E-state index in [2.05, 4.69) is 39.0 Å². The van der Waals surface area contributed by atoms with Crippen LogP contribution in [0.3, 0.4) is 0 Å². The predicted octanol–water partition coefficient (Wildman–Crippen LogP) is 5.36. The second-order valence-electron chi connectivity index (χ2n) is 7.58. The van der Waals surface area contributed by atoms with E-state index < -0.39 is 0 Å². The second-order valence-corrected chi connectivity index (χ2v) is 8.39. The molecule has 170 valence electrons. The van der Waals surface area contributed by atoms with Crippen molar-refractivity contribution >= 4 is 52.3 Å². The smallest absolute Gasteiger partial charge is 0.224 e. The van der Waals surface area contributed by atoms with Gasteiger partial charge in [0.2, 0.25) is 5.95 Å². The molecule has 0 aliphatic carbocycles. The molecule has 3 rings (SSSR count). The number of nitrogens with one attached hydrogen (secondary N) is 1. The highest BCUT2D eigenvalue weighted by molar-refractivity contribution is 6.39. The highest BCUT2D eigenvalue weighted by atomic mass is 35.5. The molecule has 2 heterocycles. The molecular formula is C23H29Cl2N7. The van der Waals surface area contributed by atoms with Gasteiger partial charge in [-0.15, -0.1) is 0 Å². The van der Waals surface area contributed by atoms with Gasteiger partial charge >= 0.3 is 0 Å². The van der Waals surface area contributed by atoms with E-state index in [1.165, 1.54) is 0 Å². The van der Waals surface area contributed by atoms with E-state index in [1.54, 1.807) is 24.7 Å². The van der Waals surface area contributed by atoms with Crippen LogP contribution in [0.1, 0.15) is 20.3 Å². The lowest BCUT2D eigenvalue weighted by atomic mass is 10.1. The minimum atomic E-state index is 0.493. The average molecular weight is 474 g/mol. The van der Waals surface area contributed by atoms with Gasteiger partial charge in [0.25, 0.3) is 0 Å². The Morgan fingerprint density at radius 2 is 1.81 bits per heavy atom. The molecule has 3 aromatic rings. The van der Waals surface area contributed by atoms with Gasteiger partial charge in [-0.2, -0.15) is 4.98 Å². The third kappa shape index (κ3) is 6.06. The first-order valence-electron chi connectivity index (χ1n) is 10.7. The number of fused-ring (bicyclic) bond motifs is 1. The van der Waals surface area contributed by atoms with E-state index in [0.717, 1.165) is 43.5 Å². The molecular weight excluding hydrogens is 445 g/mol. The van der Waals surface area contributed by atoms with Crippen LogP contribution in [0.25, 0.3) is 22.2 Å². The van der Waals surface area contributed by atoms with Gasteiger partial charge in [-0.1, -0.05) is 43.1 Å². The number of halogens is 2. The maximum atomic E-state index is 6.47. The molecule has 0 unspecified atom stereocenters. The minimum absolute atomic E-state index is 0.493. The molecule has 0 amide bonds. The van der Waals surface area contributed by atoms with Gasteiger partial charge in [0.1, 0.15) is 0 Å². The molecule has 7 nitrogen and oxygen atoms in total. The fourth-order valence-electron chi connectivity index (χ4n) is 3.29. The Morgan fingerprint density at radius 3 is 2.47 bits per heavy atom. The van der Waals surface area contributed by atoms with E-state index >= 15 is 0 Å². The summed E-state index contributed by atoms with van der Waals surface area (Å²) in [5, 5.41) is 5.15. The van der Waals surface area contributed by atoms with Crippen molar-refractivity contribution in [1.29, 1.82) is 0 Å². The standard InChI is InChI=1S/C23H29Cl2N7/c1-5-32(6-2)12-8-11-26-23-27-14-16-13-17(20-18(24)9-7-10-19(20)25)22(28-15-31(3)4)29-21(16)30-23/h7,9-10,13-15H,5-6,8,11-12H2,1-4H3,(H,26,27,29,30)/b28-15+. The van der Waals surface area contributed by atoms with Gasteiger partial charge in [-0.3, -0.25) is 0 Å². The summed E-state index contributed by atoms with van der Waals surface area (Å²) in [6.07, 6.45) is 4.46. The Bertz CT molecular complexity index is 1060. The van der Waals surface area contributed by atoms with Crippen LogP contribution in [0.4, 0.5) is 11.8 Å². The van der Waals surface area contributed by atoms with Crippen LogP contribution >= 0.6 is 23.2 Å². The minimum Gasteiger partial charge on any atom is -0.369 e. The topological polar surface area (TPSA) is 69.5 Å². The number of nitrogens with zero attached hydrogens (tertiary/aromatic N) is 6. The third-order valence-electron chi connectivity index (χ3n) is 5.02. The SMILES string of the molecule is CCN(CC)CCCNc1ncc2cc(-c3c(Cl)cccc3Cl)c(/N=C/N(C)C)nc2n1.